The summed E-state index contributed by atoms with van der Waals surface area (Å²) in [6.07, 6.45) is -0.120. The molecule has 0 unspecified atom stereocenters. The average molecular weight is 448 g/mol. The van der Waals surface area contributed by atoms with Gasteiger partial charge in [0, 0.05) is 43.8 Å². The van der Waals surface area contributed by atoms with E-state index in [-0.39, 0.29) is 22.3 Å². The molecular formula is C20H28F3N3O3S. The van der Waals surface area contributed by atoms with Crippen molar-refractivity contribution in [3.63, 3.8) is 0 Å². The highest BCUT2D eigenvalue weighted by Crippen LogP contribution is 2.45. The second kappa shape index (κ2) is 7.15. The number of likely N-dealkylation sites (tertiary alicyclic amines) is 1. The summed E-state index contributed by atoms with van der Waals surface area (Å²) in [5.41, 5.74) is -1.56. The van der Waals surface area contributed by atoms with Crippen LogP contribution in [0.25, 0.3) is 0 Å². The van der Waals surface area contributed by atoms with Crippen LogP contribution in [-0.2, 0) is 22.6 Å². The van der Waals surface area contributed by atoms with Gasteiger partial charge in [0.05, 0.1) is 5.60 Å². The molecule has 0 radical (unpaired) electrons. The van der Waals surface area contributed by atoms with E-state index in [1.807, 2.05) is 6.92 Å². The second-order valence-electron chi connectivity index (χ2n) is 9.43. The Morgan fingerprint density at radius 2 is 1.80 bits per heavy atom. The zero-order chi connectivity index (χ0) is 21.9. The lowest BCUT2D eigenvalue weighted by Gasteiger charge is -2.62. The molecule has 1 aliphatic carbocycles. The standard InChI is InChI=1S/C20H28F3N3O3S/c1-3-14-8-17(20(21,22)23)24-9-16(14)30(28,29)26-12-19(13-26)10-25(11-19)15-4-6-18(2,27)7-5-15/h8-9,15,27H,3-7,10-13H2,1-2H3/t15-,18+. The van der Waals surface area contributed by atoms with Crippen molar-refractivity contribution in [2.45, 2.75) is 68.7 Å². The molecule has 2 aliphatic heterocycles. The number of rotatable bonds is 4. The topological polar surface area (TPSA) is 73.7 Å². The number of alkyl halides is 3. The monoisotopic (exact) mass is 447 g/mol. The Bertz CT molecular complexity index is 909. The molecule has 0 bridgehead atoms. The molecule has 1 N–H and O–H groups in total. The molecule has 0 amide bonds. The number of hydrogen-bond acceptors (Lipinski definition) is 5. The minimum absolute atomic E-state index is 0.0568. The Labute approximate surface area is 175 Å². The predicted octanol–water partition coefficient (Wildman–Crippen LogP) is 2.66. The molecule has 3 fully saturated rings. The van der Waals surface area contributed by atoms with Gasteiger partial charge in [0.1, 0.15) is 10.6 Å². The second-order valence-corrected chi connectivity index (χ2v) is 11.3. The van der Waals surface area contributed by atoms with E-state index in [0.29, 0.717) is 19.1 Å². The third kappa shape index (κ3) is 3.87. The van der Waals surface area contributed by atoms with Crippen LogP contribution < -0.4 is 0 Å². The molecule has 0 atom stereocenters. The van der Waals surface area contributed by atoms with Crippen molar-refractivity contribution in [2.75, 3.05) is 26.2 Å². The van der Waals surface area contributed by atoms with Crippen LogP contribution in [0.5, 0.6) is 0 Å². The lowest BCUT2D eigenvalue weighted by molar-refractivity contribution is -0.141. The largest absolute Gasteiger partial charge is 0.433 e. The zero-order valence-electron chi connectivity index (χ0n) is 17.2. The Morgan fingerprint density at radius 3 is 2.33 bits per heavy atom. The lowest BCUT2D eigenvalue weighted by atomic mass is 9.72. The van der Waals surface area contributed by atoms with Gasteiger partial charge >= 0.3 is 6.18 Å². The first-order valence-corrected chi connectivity index (χ1v) is 11.8. The summed E-state index contributed by atoms with van der Waals surface area (Å²) in [6.45, 7) is 5.95. The van der Waals surface area contributed by atoms with Crippen molar-refractivity contribution in [1.82, 2.24) is 14.2 Å². The van der Waals surface area contributed by atoms with Gasteiger partial charge in [-0.05, 0) is 50.7 Å². The minimum atomic E-state index is -4.60. The molecule has 1 spiro atoms. The van der Waals surface area contributed by atoms with Crippen LogP contribution in [0.4, 0.5) is 13.2 Å². The van der Waals surface area contributed by atoms with E-state index in [4.69, 9.17) is 0 Å². The summed E-state index contributed by atoms with van der Waals surface area (Å²) in [5.74, 6) is 0. The number of hydrogen-bond donors (Lipinski definition) is 1. The van der Waals surface area contributed by atoms with Crippen LogP contribution >= 0.6 is 0 Å². The van der Waals surface area contributed by atoms with Crippen LogP contribution in [0.1, 0.15) is 50.8 Å². The zero-order valence-corrected chi connectivity index (χ0v) is 18.1. The van der Waals surface area contributed by atoms with Gasteiger partial charge in [-0.2, -0.15) is 17.5 Å². The fraction of sp³-hybridized carbons (Fsp3) is 0.750. The summed E-state index contributed by atoms with van der Waals surface area (Å²) in [4.78, 5) is 5.61. The van der Waals surface area contributed by atoms with Crippen molar-refractivity contribution in [2.24, 2.45) is 5.41 Å². The number of pyridine rings is 1. The van der Waals surface area contributed by atoms with Crippen LogP contribution in [-0.4, -0.2) is 65.5 Å². The first-order chi connectivity index (χ1) is 13.9. The summed E-state index contributed by atoms with van der Waals surface area (Å²) < 4.78 is 66.1. The van der Waals surface area contributed by atoms with Gasteiger partial charge in [-0.3, -0.25) is 9.88 Å². The predicted molar refractivity (Wildman–Crippen MR) is 104 cm³/mol. The highest BCUT2D eigenvalue weighted by Gasteiger charge is 2.56. The molecule has 30 heavy (non-hydrogen) atoms. The number of aliphatic hydroxyl groups is 1. The Kier molecular flexibility index (Phi) is 5.24. The van der Waals surface area contributed by atoms with Crippen molar-refractivity contribution in [1.29, 1.82) is 0 Å². The molecule has 3 aliphatic rings. The van der Waals surface area contributed by atoms with E-state index < -0.39 is 27.5 Å². The van der Waals surface area contributed by atoms with Crippen LogP contribution in [0.15, 0.2) is 17.2 Å². The van der Waals surface area contributed by atoms with Gasteiger partial charge < -0.3 is 5.11 Å². The molecule has 1 saturated carbocycles. The summed E-state index contributed by atoms with van der Waals surface area (Å²) in [6, 6.07) is 1.28. The average Bonchev–Trinajstić information content (AvgIpc) is 2.59. The third-order valence-corrected chi connectivity index (χ3v) is 8.75. The van der Waals surface area contributed by atoms with Crippen LogP contribution in [0, 0.1) is 5.41 Å². The van der Waals surface area contributed by atoms with Crippen molar-refractivity contribution in [3.8, 4) is 0 Å². The van der Waals surface area contributed by atoms with E-state index in [2.05, 4.69) is 9.88 Å². The summed E-state index contributed by atoms with van der Waals surface area (Å²) >= 11 is 0. The molecule has 0 aromatic carbocycles. The number of aromatic nitrogens is 1. The first kappa shape index (κ1) is 22.0. The van der Waals surface area contributed by atoms with E-state index in [1.165, 1.54) is 4.31 Å². The molecule has 6 nitrogen and oxygen atoms in total. The SMILES string of the molecule is CCc1cc(C(F)(F)F)ncc1S(=O)(=O)N1CC2(C1)CN([C@H]1CC[C@@](C)(O)CC1)C2. The number of sulfonamides is 1. The maximum atomic E-state index is 13.0. The molecule has 10 heteroatoms. The van der Waals surface area contributed by atoms with E-state index in [9.17, 15) is 26.7 Å². The van der Waals surface area contributed by atoms with Gasteiger partial charge in [0.2, 0.25) is 10.0 Å². The van der Waals surface area contributed by atoms with E-state index >= 15 is 0 Å². The molecule has 168 valence electrons. The fourth-order valence-corrected chi connectivity index (χ4v) is 6.91. The number of halogens is 3. The maximum Gasteiger partial charge on any atom is 0.433 e. The molecule has 4 rings (SSSR count). The summed E-state index contributed by atoms with van der Waals surface area (Å²) in [5, 5.41) is 10.1. The van der Waals surface area contributed by atoms with Gasteiger partial charge in [-0.25, -0.2) is 8.42 Å². The number of nitrogens with zero attached hydrogens (tertiary/aromatic N) is 3. The van der Waals surface area contributed by atoms with Gasteiger partial charge in [-0.1, -0.05) is 6.92 Å². The normalized spacial score (nSPS) is 30.1. The van der Waals surface area contributed by atoms with E-state index in [1.54, 1.807) is 6.92 Å². The van der Waals surface area contributed by atoms with Crippen LogP contribution in [0.3, 0.4) is 0 Å². The minimum Gasteiger partial charge on any atom is -0.390 e. The molecular weight excluding hydrogens is 419 g/mol. The summed E-state index contributed by atoms with van der Waals surface area (Å²) in [7, 11) is -3.86. The highest BCUT2D eigenvalue weighted by atomic mass is 32.2. The van der Waals surface area contributed by atoms with E-state index in [0.717, 1.165) is 51.0 Å². The molecule has 3 heterocycles. The molecule has 1 aromatic rings. The smallest absolute Gasteiger partial charge is 0.390 e. The van der Waals surface area contributed by atoms with Crippen molar-refractivity contribution in [3.05, 3.63) is 23.5 Å². The molecule has 1 aromatic heterocycles. The van der Waals surface area contributed by atoms with Crippen molar-refractivity contribution < 1.29 is 26.7 Å². The lowest BCUT2D eigenvalue weighted by Crippen LogP contribution is -2.74. The Morgan fingerprint density at radius 1 is 1.20 bits per heavy atom. The van der Waals surface area contributed by atoms with Gasteiger partial charge in [0.25, 0.3) is 0 Å². The Balaban J connectivity index is 1.39. The van der Waals surface area contributed by atoms with Crippen molar-refractivity contribution >= 4 is 10.0 Å². The molecule has 2 saturated heterocycles. The first-order valence-electron chi connectivity index (χ1n) is 10.4. The van der Waals surface area contributed by atoms with Crippen LogP contribution in [0.2, 0.25) is 0 Å². The van der Waals surface area contributed by atoms with Gasteiger partial charge in [0.15, 0.2) is 0 Å². The fourth-order valence-electron chi connectivity index (χ4n) is 5.02. The van der Waals surface area contributed by atoms with Gasteiger partial charge in [-0.15, -0.1) is 0 Å². The number of aryl methyl sites for hydroxylation is 1. The Hall–Kier alpha value is -1.23. The quantitative estimate of drug-likeness (QED) is 0.768. The highest BCUT2D eigenvalue weighted by molar-refractivity contribution is 7.89. The third-order valence-electron chi connectivity index (χ3n) is 6.89. The maximum absolute atomic E-state index is 13.0.